The van der Waals surface area contributed by atoms with Crippen LogP contribution in [0.1, 0.15) is 194 Å². The Morgan fingerprint density at radius 3 is 1.10 bits per heavy atom. The molecule has 238 valence electrons. The first-order chi connectivity index (χ1) is 19.5. The van der Waals surface area contributed by atoms with E-state index in [-0.39, 0.29) is 0 Å². The van der Waals surface area contributed by atoms with Gasteiger partial charge in [-0.05, 0) is 19.3 Å². The number of hydrogen-bond donors (Lipinski definition) is 2. The van der Waals surface area contributed by atoms with E-state index in [9.17, 15) is 14.7 Å². The molecular formula is C35H68O5. The summed E-state index contributed by atoms with van der Waals surface area (Å²) in [5.41, 5.74) is -0.668. The minimum Gasteiger partial charge on any atom is -0.393 e. The van der Waals surface area contributed by atoms with E-state index in [1.54, 1.807) is 0 Å². The third-order valence-electron chi connectivity index (χ3n) is 8.60. The van der Waals surface area contributed by atoms with Crippen LogP contribution in [-0.2, 0) is 14.3 Å². The van der Waals surface area contributed by atoms with Gasteiger partial charge in [0.1, 0.15) is 0 Å². The Hall–Kier alpha value is -0.940. The fourth-order valence-electron chi connectivity index (χ4n) is 5.82. The summed E-state index contributed by atoms with van der Waals surface area (Å²) < 4.78 is 5.22. The maximum atomic E-state index is 13.5. The van der Waals surface area contributed by atoms with Crippen LogP contribution in [0.25, 0.3) is 0 Å². The lowest BCUT2D eigenvalue weighted by molar-refractivity contribution is -0.175. The fourth-order valence-corrected chi connectivity index (χ4v) is 5.82. The van der Waals surface area contributed by atoms with Gasteiger partial charge in [0.15, 0.2) is 6.10 Å². The molecule has 0 saturated heterocycles. The third kappa shape index (κ3) is 20.9. The highest BCUT2D eigenvalue weighted by Crippen LogP contribution is 2.39. The minimum absolute atomic E-state index is 0.478. The smallest absolute Gasteiger partial charge is 0.345 e. The van der Waals surface area contributed by atoms with Crippen molar-refractivity contribution in [1.29, 1.82) is 0 Å². The summed E-state index contributed by atoms with van der Waals surface area (Å²) in [6.45, 7) is 5.96. The Morgan fingerprint density at radius 2 is 0.800 bits per heavy atom. The number of aliphatic hydroxyl groups excluding tert-OH is 2. The van der Waals surface area contributed by atoms with E-state index >= 15 is 0 Å². The van der Waals surface area contributed by atoms with Gasteiger partial charge in [-0.1, -0.05) is 175 Å². The Kier molecular flexibility index (Phi) is 27.5. The van der Waals surface area contributed by atoms with Gasteiger partial charge in [-0.3, -0.25) is 4.79 Å². The predicted molar refractivity (Wildman–Crippen MR) is 168 cm³/mol. The lowest BCUT2D eigenvalue weighted by Gasteiger charge is -2.32. The predicted octanol–water partition coefficient (Wildman–Crippen LogP) is 9.99. The fraction of sp³-hybridized carbons (Fsp3) is 0.943. The van der Waals surface area contributed by atoms with E-state index in [4.69, 9.17) is 9.84 Å². The van der Waals surface area contributed by atoms with Crippen LogP contribution in [-0.4, -0.2) is 34.9 Å². The molecule has 0 saturated carbocycles. The number of carbonyl (C=O) groups excluding carboxylic acids is 2. The maximum absolute atomic E-state index is 13.5. The van der Waals surface area contributed by atoms with Crippen molar-refractivity contribution in [3.8, 4) is 0 Å². The summed E-state index contributed by atoms with van der Waals surface area (Å²) in [4.78, 5) is 25.7. The van der Waals surface area contributed by atoms with Gasteiger partial charge < -0.3 is 14.9 Å². The molecule has 1 unspecified atom stereocenters. The van der Waals surface area contributed by atoms with Gasteiger partial charge >= 0.3 is 11.9 Å². The Morgan fingerprint density at radius 1 is 0.525 bits per heavy atom. The zero-order valence-electron chi connectivity index (χ0n) is 27.0. The van der Waals surface area contributed by atoms with Crippen LogP contribution in [0.3, 0.4) is 0 Å². The maximum Gasteiger partial charge on any atom is 0.345 e. The average molecular weight is 569 g/mol. The minimum atomic E-state index is -1.66. The van der Waals surface area contributed by atoms with Gasteiger partial charge in [0.25, 0.3) is 0 Å². The quantitative estimate of drug-likeness (QED) is 0.0511. The van der Waals surface area contributed by atoms with Crippen LogP contribution in [0.5, 0.6) is 0 Å². The summed E-state index contributed by atoms with van der Waals surface area (Å²) in [6, 6.07) is 0. The highest BCUT2D eigenvalue weighted by atomic mass is 16.6. The van der Waals surface area contributed by atoms with E-state index in [1.807, 2.05) is 0 Å². The van der Waals surface area contributed by atoms with E-state index < -0.39 is 30.1 Å². The van der Waals surface area contributed by atoms with Gasteiger partial charge in [-0.15, -0.1) is 0 Å². The SMILES string of the molecule is CCCCCCCCCCCCC(CCCCCC)(CCCCCCCCCCCC)C(=O)OC(=O)C(O)CO. The molecule has 0 fully saturated rings. The van der Waals surface area contributed by atoms with Crippen LogP contribution in [0.4, 0.5) is 0 Å². The molecule has 0 aromatic heterocycles. The van der Waals surface area contributed by atoms with Gasteiger partial charge in [-0.25, -0.2) is 4.79 Å². The van der Waals surface area contributed by atoms with Crippen molar-refractivity contribution < 1.29 is 24.5 Å². The Balaban J connectivity index is 4.97. The number of rotatable bonds is 30. The van der Waals surface area contributed by atoms with Crippen LogP contribution >= 0.6 is 0 Å². The van der Waals surface area contributed by atoms with Crippen LogP contribution < -0.4 is 0 Å². The lowest BCUT2D eigenvalue weighted by atomic mass is 9.74. The van der Waals surface area contributed by atoms with E-state index in [1.165, 1.54) is 103 Å². The van der Waals surface area contributed by atoms with Crippen molar-refractivity contribution in [2.45, 2.75) is 200 Å². The summed E-state index contributed by atoms with van der Waals surface area (Å²) in [6.07, 6.45) is 29.7. The third-order valence-corrected chi connectivity index (χ3v) is 8.60. The summed E-state index contributed by atoms with van der Waals surface area (Å²) in [5, 5.41) is 18.9. The molecule has 0 aromatic carbocycles. The molecule has 0 amide bonds. The van der Waals surface area contributed by atoms with E-state index in [0.29, 0.717) is 0 Å². The number of hydrogen-bond acceptors (Lipinski definition) is 5. The molecule has 0 aliphatic carbocycles. The molecule has 2 N–H and O–H groups in total. The summed E-state index contributed by atoms with van der Waals surface area (Å²) in [7, 11) is 0. The number of esters is 2. The standard InChI is InChI=1S/C35H68O5/c1-4-7-10-13-15-17-19-21-23-26-29-35(28-25-12-9-6-3,34(39)40-33(38)32(37)31-36)30-27-24-22-20-18-16-14-11-8-5-2/h32,36-37H,4-31H2,1-3H3. The molecule has 1 atom stereocenters. The molecule has 0 spiro atoms. The molecule has 5 nitrogen and oxygen atoms in total. The molecule has 0 bridgehead atoms. The van der Waals surface area contributed by atoms with Gasteiger partial charge in [0.05, 0.1) is 12.0 Å². The average Bonchev–Trinajstić information content (AvgIpc) is 2.96. The number of ether oxygens (including phenoxy) is 1. The summed E-state index contributed by atoms with van der Waals surface area (Å²) >= 11 is 0. The van der Waals surface area contributed by atoms with E-state index in [0.717, 1.165) is 70.6 Å². The number of aliphatic hydroxyl groups is 2. The van der Waals surface area contributed by atoms with Crippen molar-refractivity contribution in [1.82, 2.24) is 0 Å². The van der Waals surface area contributed by atoms with Gasteiger partial charge in [0, 0.05) is 0 Å². The topological polar surface area (TPSA) is 83.8 Å². The van der Waals surface area contributed by atoms with Gasteiger partial charge in [0.2, 0.25) is 0 Å². The normalized spacial score (nSPS) is 12.5. The molecule has 0 aliphatic rings. The second-order valence-electron chi connectivity index (χ2n) is 12.4. The van der Waals surface area contributed by atoms with Gasteiger partial charge in [-0.2, -0.15) is 0 Å². The first-order valence-electron chi connectivity index (χ1n) is 17.5. The number of unbranched alkanes of at least 4 members (excludes halogenated alkanes) is 21. The molecular weight excluding hydrogens is 500 g/mol. The monoisotopic (exact) mass is 569 g/mol. The molecule has 0 heterocycles. The number of carbonyl (C=O) groups is 2. The zero-order valence-corrected chi connectivity index (χ0v) is 27.0. The van der Waals surface area contributed by atoms with Crippen molar-refractivity contribution in [3.63, 3.8) is 0 Å². The van der Waals surface area contributed by atoms with Crippen molar-refractivity contribution in [2.24, 2.45) is 5.41 Å². The molecule has 0 rings (SSSR count). The lowest BCUT2D eigenvalue weighted by Crippen LogP contribution is -2.38. The van der Waals surface area contributed by atoms with Crippen LogP contribution in [0, 0.1) is 5.41 Å². The van der Waals surface area contributed by atoms with Crippen molar-refractivity contribution >= 4 is 11.9 Å². The van der Waals surface area contributed by atoms with Crippen LogP contribution in [0.15, 0.2) is 0 Å². The van der Waals surface area contributed by atoms with Crippen molar-refractivity contribution in [3.05, 3.63) is 0 Å². The highest BCUT2D eigenvalue weighted by Gasteiger charge is 2.40. The van der Waals surface area contributed by atoms with Crippen LogP contribution in [0.2, 0.25) is 0 Å². The Labute approximate surface area is 248 Å². The Bertz CT molecular complexity index is 552. The molecule has 5 heteroatoms. The second-order valence-corrected chi connectivity index (χ2v) is 12.4. The first-order valence-corrected chi connectivity index (χ1v) is 17.5. The molecule has 0 radical (unpaired) electrons. The molecule has 0 aliphatic heterocycles. The van der Waals surface area contributed by atoms with Crippen molar-refractivity contribution in [2.75, 3.05) is 6.61 Å². The molecule has 0 aromatic rings. The first kappa shape index (κ1) is 39.1. The molecule has 40 heavy (non-hydrogen) atoms. The second kappa shape index (κ2) is 28.2. The largest absolute Gasteiger partial charge is 0.393 e. The van der Waals surface area contributed by atoms with E-state index in [2.05, 4.69) is 20.8 Å². The summed E-state index contributed by atoms with van der Waals surface area (Å²) in [5.74, 6) is -1.50. The highest BCUT2D eigenvalue weighted by molar-refractivity contribution is 5.90. The zero-order chi connectivity index (χ0) is 29.7.